The molecule has 1 aromatic heterocycles. The monoisotopic (exact) mass is 492 g/mol. The zero-order valence-electron chi connectivity index (χ0n) is 14.3. The zero-order chi connectivity index (χ0) is 23.4. The van der Waals surface area contributed by atoms with Gasteiger partial charge in [-0.15, -0.1) is 0 Å². The largest absolute Gasteiger partial charge is 0.534 e. The highest BCUT2D eigenvalue weighted by Crippen LogP contribution is 2.37. The van der Waals surface area contributed by atoms with Crippen LogP contribution in [0.25, 0.3) is 21.9 Å². The molecular formula is C15H6F6O8S2. The second-order valence-corrected chi connectivity index (χ2v) is 8.76. The van der Waals surface area contributed by atoms with Gasteiger partial charge in [-0.3, -0.25) is 4.79 Å². The van der Waals surface area contributed by atoms with E-state index in [1.165, 1.54) is 24.3 Å². The lowest BCUT2D eigenvalue weighted by Crippen LogP contribution is -2.29. The molecule has 0 amide bonds. The molecule has 0 bridgehead atoms. The van der Waals surface area contributed by atoms with Gasteiger partial charge >= 0.3 is 31.3 Å². The van der Waals surface area contributed by atoms with Crippen LogP contribution in [0.1, 0.15) is 0 Å². The van der Waals surface area contributed by atoms with Gasteiger partial charge in [0.2, 0.25) is 5.43 Å². The molecular weight excluding hydrogens is 486 g/mol. The van der Waals surface area contributed by atoms with Crippen molar-refractivity contribution in [1.29, 1.82) is 0 Å². The first-order valence-corrected chi connectivity index (χ1v) is 10.4. The van der Waals surface area contributed by atoms with E-state index >= 15 is 0 Å². The third-order valence-electron chi connectivity index (χ3n) is 3.59. The lowest BCUT2D eigenvalue weighted by atomic mass is 10.1. The maximum Gasteiger partial charge on any atom is 0.534 e. The normalized spacial score (nSPS) is 13.5. The summed E-state index contributed by atoms with van der Waals surface area (Å²) in [6.45, 7) is 0. The average molecular weight is 492 g/mol. The van der Waals surface area contributed by atoms with Gasteiger partial charge in [-0.2, -0.15) is 43.2 Å². The van der Waals surface area contributed by atoms with Gasteiger partial charge in [-0.25, -0.2) is 0 Å². The lowest BCUT2D eigenvalue weighted by molar-refractivity contribution is -0.0502. The summed E-state index contributed by atoms with van der Waals surface area (Å²) in [7, 11) is -12.7. The molecule has 168 valence electrons. The summed E-state index contributed by atoms with van der Waals surface area (Å²) in [6.07, 6.45) is 0. The first-order valence-electron chi connectivity index (χ1n) is 7.54. The SMILES string of the molecule is O=c1c2ccccc2oc2cc(OS(=O)(=O)C(F)(F)F)cc(OS(=O)(=O)C(F)(F)F)c12. The lowest BCUT2D eigenvalue weighted by Gasteiger charge is -2.14. The van der Waals surface area contributed by atoms with E-state index in [0.717, 1.165) is 0 Å². The van der Waals surface area contributed by atoms with Crippen molar-refractivity contribution >= 4 is 42.2 Å². The Kier molecular flexibility index (Phi) is 5.13. The molecule has 3 rings (SSSR count). The molecule has 2 aromatic carbocycles. The minimum Gasteiger partial charge on any atom is -0.456 e. The summed E-state index contributed by atoms with van der Waals surface area (Å²) in [4.78, 5) is 12.6. The summed E-state index contributed by atoms with van der Waals surface area (Å²) < 4.78 is 134. The fraction of sp³-hybridized carbons (Fsp3) is 0.133. The van der Waals surface area contributed by atoms with E-state index in [4.69, 9.17) is 4.42 Å². The maximum absolute atomic E-state index is 12.7. The smallest absolute Gasteiger partial charge is 0.456 e. The predicted octanol–water partition coefficient (Wildman–Crippen LogP) is 3.40. The predicted molar refractivity (Wildman–Crippen MR) is 91.2 cm³/mol. The number of rotatable bonds is 4. The molecule has 0 saturated carbocycles. The van der Waals surface area contributed by atoms with Gasteiger partial charge in [0.05, 0.1) is 5.39 Å². The Bertz CT molecular complexity index is 1450. The van der Waals surface area contributed by atoms with Crippen molar-refractivity contribution in [1.82, 2.24) is 0 Å². The molecule has 0 aliphatic heterocycles. The van der Waals surface area contributed by atoms with Crippen molar-refractivity contribution in [2.24, 2.45) is 0 Å². The first kappa shape index (κ1) is 22.7. The third kappa shape index (κ3) is 4.12. The summed E-state index contributed by atoms with van der Waals surface area (Å²) in [5.74, 6) is -2.78. The van der Waals surface area contributed by atoms with Crippen LogP contribution in [0, 0.1) is 0 Å². The number of para-hydroxylation sites is 1. The molecule has 1 heterocycles. The summed E-state index contributed by atoms with van der Waals surface area (Å²) in [6, 6.07) is 5.60. The Morgan fingerprint density at radius 3 is 1.90 bits per heavy atom. The van der Waals surface area contributed by atoms with Crippen molar-refractivity contribution in [3.05, 3.63) is 46.6 Å². The van der Waals surface area contributed by atoms with Crippen molar-refractivity contribution in [3.63, 3.8) is 0 Å². The van der Waals surface area contributed by atoms with Crippen LogP contribution < -0.4 is 13.8 Å². The molecule has 0 atom stereocenters. The van der Waals surface area contributed by atoms with Crippen LogP contribution in [-0.2, 0) is 20.2 Å². The highest BCUT2D eigenvalue weighted by atomic mass is 32.2. The fourth-order valence-corrected chi connectivity index (χ4v) is 3.23. The molecule has 31 heavy (non-hydrogen) atoms. The van der Waals surface area contributed by atoms with Crippen LogP contribution >= 0.6 is 0 Å². The van der Waals surface area contributed by atoms with Gasteiger partial charge in [0.25, 0.3) is 0 Å². The minimum atomic E-state index is -6.41. The molecule has 0 aliphatic rings. The van der Waals surface area contributed by atoms with Gasteiger partial charge in [0.15, 0.2) is 5.75 Å². The topological polar surface area (TPSA) is 117 Å². The molecule has 3 aromatic rings. The molecule has 0 radical (unpaired) electrons. The zero-order valence-corrected chi connectivity index (χ0v) is 15.9. The van der Waals surface area contributed by atoms with E-state index in [2.05, 4.69) is 8.37 Å². The fourth-order valence-electron chi connectivity index (χ4n) is 2.32. The van der Waals surface area contributed by atoms with Gasteiger partial charge < -0.3 is 12.8 Å². The highest BCUT2D eigenvalue weighted by molar-refractivity contribution is 7.88. The van der Waals surface area contributed by atoms with E-state index in [1.54, 1.807) is 0 Å². The maximum atomic E-state index is 12.7. The molecule has 0 unspecified atom stereocenters. The van der Waals surface area contributed by atoms with E-state index in [-0.39, 0.29) is 17.0 Å². The molecule has 0 aliphatic carbocycles. The second-order valence-electron chi connectivity index (χ2n) is 5.69. The number of halogens is 6. The average Bonchev–Trinajstić information content (AvgIpc) is 2.59. The van der Waals surface area contributed by atoms with Crippen LogP contribution in [0.4, 0.5) is 26.3 Å². The summed E-state index contributed by atoms with van der Waals surface area (Å²) in [5.41, 5.74) is -14.0. The number of hydrogen-bond donors (Lipinski definition) is 0. The standard InChI is InChI=1S/C15H6F6O8S2/c16-14(17,18)30(23,24)28-7-5-10-12(11(6-7)29-31(25,26)15(19,20)21)13(22)8-3-1-2-4-9(8)27-10/h1-6H. The van der Waals surface area contributed by atoms with E-state index in [0.29, 0.717) is 6.07 Å². The van der Waals surface area contributed by atoms with E-state index in [9.17, 15) is 48.0 Å². The Labute approximate surface area is 167 Å². The molecule has 0 saturated heterocycles. The Balaban J connectivity index is 2.35. The number of alkyl halides is 6. The van der Waals surface area contributed by atoms with Gasteiger partial charge in [0, 0.05) is 12.1 Å². The van der Waals surface area contributed by atoms with Crippen LogP contribution in [0.3, 0.4) is 0 Å². The Morgan fingerprint density at radius 1 is 0.774 bits per heavy atom. The minimum absolute atomic E-state index is 0.0700. The molecule has 8 nitrogen and oxygen atoms in total. The summed E-state index contributed by atoms with van der Waals surface area (Å²) in [5, 5.41) is -1.15. The van der Waals surface area contributed by atoms with E-state index in [1.807, 2.05) is 0 Å². The molecule has 16 heteroatoms. The van der Waals surface area contributed by atoms with E-state index < -0.39 is 59.1 Å². The molecule has 0 spiro atoms. The van der Waals surface area contributed by atoms with Crippen molar-refractivity contribution in [3.8, 4) is 11.5 Å². The van der Waals surface area contributed by atoms with Crippen molar-refractivity contribution in [2.45, 2.75) is 11.0 Å². The Morgan fingerprint density at radius 2 is 1.32 bits per heavy atom. The summed E-state index contributed by atoms with van der Waals surface area (Å²) >= 11 is 0. The third-order valence-corrected chi connectivity index (χ3v) is 5.54. The number of hydrogen-bond acceptors (Lipinski definition) is 8. The number of fused-ring (bicyclic) bond motifs is 2. The van der Waals surface area contributed by atoms with Gasteiger partial charge in [-0.1, -0.05) is 12.1 Å². The van der Waals surface area contributed by atoms with Crippen LogP contribution in [0.5, 0.6) is 11.5 Å². The molecule has 0 N–H and O–H groups in total. The van der Waals surface area contributed by atoms with Crippen LogP contribution in [-0.4, -0.2) is 27.9 Å². The number of benzene rings is 2. The van der Waals surface area contributed by atoms with Crippen LogP contribution in [0.15, 0.2) is 45.6 Å². The quantitative estimate of drug-likeness (QED) is 0.236. The van der Waals surface area contributed by atoms with Gasteiger partial charge in [0.1, 0.15) is 22.3 Å². The molecule has 0 fully saturated rings. The highest BCUT2D eigenvalue weighted by Gasteiger charge is 2.50. The second kappa shape index (κ2) is 7.01. The van der Waals surface area contributed by atoms with Crippen LogP contribution in [0.2, 0.25) is 0 Å². The first-order chi connectivity index (χ1) is 14.0. The van der Waals surface area contributed by atoms with Gasteiger partial charge in [-0.05, 0) is 12.1 Å². The van der Waals surface area contributed by atoms with Crippen molar-refractivity contribution < 1.29 is 56.0 Å². The van der Waals surface area contributed by atoms with Crippen molar-refractivity contribution in [2.75, 3.05) is 0 Å². The Hall–Kier alpha value is -3.01.